The molecule has 5 nitrogen and oxygen atoms in total. The molecule has 0 fully saturated rings. The molecular weight excluding hydrogens is 295 g/mol. The summed E-state index contributed by atoms with van der Waals surface area (Å²) < 4.78 is 18.4. The normalized spacial score (nSPS) is 10.8. The van der Waals surface area contributed by atoms with E-state index in [2.05, 4.69) is 27.2 Å². The Morgan fingerprint density at radius 1 is 1.17 bits per heavy atom. The fourth-order valence-electron chi connectivity index (χ4n) is 2.13. The molecular formula is C17H23FN4O. The van der Waals surface area contributed by atoms with Crippen LogP contribution in [0.25, 0.3) is 0 Å². The van der Waals surface area contributed by atoms with Crippen LogP contribution in [0.1, 0.15) is 18.9 Å². The molecule has 0 aliphatic carbocycles. The van der Waals surface area contributed by atoms with Crippen molar-refractivity contribution in [1.29, 1.82) is 0 Å². The maximum Gasteiger partial charge on any atom is 0.222 e. The van der Waals surface area contributed by atoms with Crippen molar-refractivity contribution in [2.45, 2.75) is 19.9 Å². The van der Waals surface area contributed by atoms with Gasteiger partial charge in [0.1, 0.15) is 11.6 Å². The molecule has 0 aliphatic heterocycles. The van der Waals surface area contributed by atoms with Gasteiger partial charge in [-0.25, -0.2) is 14.4 Å². The Bertz CT molecular complexity index is 574. The molecule has 124 valence electrons. The maximum atomic E-state index is 12.8. The second kappa shape index (κ2) is 9.05. The molecule has 0 atom stereocenters. The molecule has 2 rings (SSSR count). The Morgan fingerprint density at radius 2 is 1.87 bits per heavy atom. The molecule has 2 aromatic rings. The number of benzene rings is 1. The van der Waals surface area contributed by atoms with Gasteiger partial charge in [-0.15, -0.1) is 0 Å². The molecule has 1 N–H and O–H groups in total. The van der Waals surface area contributed by atoms with E-state index in [1.165, 1.54) is 12.1 Å². The Morgan fingerprint density at radius 3 is 2.52 bits per heavy atom. The van der Waals surface area contributed by atoms with Crippen molar-refractivity contribution in [3.8, 4) is 5.75 Å². The predicted octanol–water partition coefficient (Wildman–Crippen LogP) is 2.95. The lowest BCUT2D eigenvalue weighted by Crippen LogP contribution is -2.21. The highest BCUT2D eigenvalue weighted by atomic mass is 19.1. The lowest BCUT2D eigenvalue weighted by Gasteiger charge is -2.16. The Labute approximate surface area is 136 Å². The molecule has 0 amide bonds. The summed E-state index contributed by atoms with van der Waals surface area (Å²) in [5, 5.41) is 3.07. The number of hydrogen-bond acceptors (Lipinski definition) is 5. The van der Waals surface area contributed by atoms with E-state index in [-0.39, 0.29) is 5.82 Å². The molecule has 1 heterocycles. The van der Waals surface area contributed by atoms with Crippen molar-refractivity contribution >= 4 is 5.95 Å². The van der Waals surface area contributed by atoms with Crippen molar-refractivity contribution < 1.29 is 9.13 Å². The molecule has 6 heteroatoms. The third kappa shape index (κ3) is 6.20. The quantitative estimate of drug-likeness (QED) is 0.720. The van der Waals surface area contributed by atoms with Gasteiger partial charge in [0.15, 0.2) is 0 Å². The maximum absolute atomic E-state index is 12.8. The molecule has 0 saturated carbocycles. The van der Waals surface area contributed by atoms with Gasteiger partial charge in [-0.05, 0) is 44.7 Å². The van der Waals surface area contributed by atoms with Gasteiger partial charge in [0.25, 0.3) is 0 Å². The molecule has 0 aliphatic rings. The molecule has 1 aromatic carbocycles. The van der Waals surface area contributed by atoms with Crippen molar-refractivity contribution in [3.05, 3.63) is 48.0 Å². The lowest BCUT2D eigenvalue weighted by molar-refractivity contribution is 0.258. The van der Waals surface area contributed by atoms with Gasteiger partial charge >= 0.3 is 0 Å². The number of nitrogens with one attached hydrogen (secondary N) is 1. The average molecular weight is 318 g/mol. The van der Waals surface area contributed by atoms with Gasteiger partial charge in [-0.1, -0.05) is 0 Å². The third-order valence-corrected chi connectivity index (χ3v) is 3.26. The van der Waals surface area contributed by atoms with Crippen molar-refractivity contribution in [3.63, 3.8) is 0 Å². The molecule has 1 aromatic heterocycles. The molecule has 0 spiro atoms. The topological polar surface area (TPSA) is 50.3 Å². The van der Waals surface area contributed by atoms with Crippen LogP contribution in [0.4, 0.5) is 10.3 Å². The van der Waals surface area contributed by atoms with E-state index in [0.29, 0.717) is 18.3 Å². The summed E-state index contributed by atoms with van der Waals surface area (Å²) in [5.74, 6) is 1.10. The first-order chi connectivity index (χ1) is 11.2. The number of aromatic nitrogens is 2. The summed E-state index contributed by atoms with van der Waals surface area (Å²) in [7, 11) is 2.05. The van der Waals surface area contributed by atoms with E-state index in [0.717, 1.165) is 31.6 Å². The summed E-state index contributed by atoms with van der Waals surface area (Å²) in [6.45, 7) is 5.12. The van der Waals surface area contributed by atoms with E-state index < -0.39 is 0 Å². The third-order valence-electron chi connectivity index (χ3n) is 3.26. The van der Waals surface area contributed by atoms with Crippen LogP contribution >= 0.6 is 0 Å². The first-order valence-electron chi connectivity index (χ1n) is 7.79. The number of anilines is 1. The first-order valence-corrected chi connectivity index (χ1v) is 7.79. The van der Waals surface area contributed by atoms with E-state index in [1.54, 1.807) is 12.1 Å². The number of halogens is 1. The zero-order valence-corrected chi connectivity index (χ0v) is 13.6. The number of hydrogen-bond donors (Lipinski definition) is 1. The highest BCUT2D eigenvalue weighted by molar-refractivity contribution is 5.24. The molecule has 0 bridgehead atoms. The van der Waals surface area contributed by atoms with Crippen molar-refractivity contribution in [1.82, 2.24) is 14.9 Å². The van der Waals surface area contributed by atoms with Crippen LogP contribution in [0, 0.1) is 5.82 Å². The summed E-state index contributed by atoms with van der Waals surface area (Å²) in [5.41, 5.74) is 1.08. The standard InChI is InChI=1S/C17H23FN4O/c1-3-19-17-20-11-14(12-21-17)13-22(2)9-4-10-23-16-7-5-15(18)6-8-16/h5-8,11-12H,3-4,9-10,13H2,1-2H3,(H,19,20,21). The second-order valence-electron chi connectivity index (χ2n) is 5.34. The predicted molar refractivity (Wildman–Crippen MR) is 89.0 cm³/mol. The van der Waals surface area contributed by atoms with Gasteiger partial charge in [-0.3, -0.25) is 0 Å². The minimum Gasteiger partial charge on any atom is -0.494 e. The number of rotatable bonds is 9. The molecule has 0 unspecified atom stereocenters. The number of nitrogens with zero attached hydrogens (tertiary/aromatic N) is 3. The van der Waals surface area contributed by atoms with Gasteiger partial charge in [0.05, 0.1) is 6.61 Å². The molecule has 23 heavy (non-hydrogen) atoms. The van der Waals surface area contributed by atoms with E-state index in [4.69, 9.17) is 4.74 Å². The van der Waals surface area contributed by atoms with Crippen molar-refractivity contribution in [2.75, 3.05) is 32.1 Å². The van der Waals surface area contributed by atoms with Crippen LogP contribution in [-0.2, 0) is 6.54 Å². The smallest absolute Gasteiger partial charge is 0.222 e. The van der Waals surface area contributed by atoms with Crippen LogP contribution < -0.4 is 10.1 Å². The van der Waals surface area contributed by atoms with Crippen molar-refractivity contribution in [2.24, 2.45) is 0 Å². The summed E-state index contributed by atoms with van der Waals surface area (Å²) in [6, 6.07) is 6.08. The first kappa shape index (κ1) is 17.1. The highest BCUT2D eigenvalue weighted by Gasteiger charge is 2.03. The highest BCUT2D eigenvalue weighted by Crippen LogP contribution is 2.11. The van der Waals surface area contributed by atoms with Gasteiger partial charge < -0.3 is 15.0 Å². The van der Waals surface area contributed by atoms with E-state index >= 15 is 0 Å². The lowest BCUT2D eigenvalue weighted by atomic mass is 10.3. The second-order valence-corrected chi connectivity index (χ2v) is 5.34. The van der Waals surface area contributed by atoms with Crippen LogP contribution in [0.5, 0.6) is 5.75 Å². The summed E-state index contributed by atoms with van der Waals surface area (Å²) in [6.07, 6.45) is 4.58. The molecule has 0 saturated heterocycles. The minimum atomic E-state index is -0.251. The van der Waals surface area contributed by atoms with Crippen LogP contribution in [-0.4, -0.2) is 41.6 Å². The SMILES string of the molecule is CCNc1ncc(CN(C)CCCOc2ccc(F)cc2)cn1. The fraction of sp³-hybridized carbons (Fsp3) is 0.412. The average Bonchev–Trinajstić information content (AvgIpc) is 2.55. The molecule has 0 radical (unpaired) electrons. The Kier molecular flexibility index (Phi) is 6.75. The van der Waals surface area contributed by atoms with Gasteiger partial charge in [0, 0.05) is 37.6 Å². The Hall–Kier alpha value is -2.21. The van der Waals surface area contributed by atoms with E-state index in [9.17, 15) is 4.39 Å². The monoisotopic (exact) mass is 318 g/mol. The largest absolute Gasteiger partial charge is 0.494 e. The van der Waals surface area contributed by atoms with Crippen LogP contribution in [0.15, 0.2) is 36.7 Å². The Balaban J connectivity index is 1.66. The van der Waals surface area contributed by atoms with Gasteiger partial charge in [0.2, 0.25) is 5.95 Å². The number of ether oxygens (including phenoxy) is 1. The van der Waals surface area contributed by atoms with Gasteiger partial charge in [-0.2, -0.15) is 0 Å². The minimum absolute atomic E-state index is 0.251. The van der Waals surface area contributed by atoms with E-state index in [1.807, 2.05) is 19.3 Å². The zero-order valence-electron chi connectivity index (χ0n) is 13.6. The summed E-state index contributed by atoms with van der Waals surface area (Å²) in [4.78, 5) is 10.7. The zero-order chi connectivity index (χ0) is 16.5. The summed E-state index contributed by atoms with van der Waals surface area (Å²) >= 11 is 0. The fourth-order valence-corrected chi connectivity index (χ4v) is 2.13. The van der Waals surface area contributed by atoms with Crippen LogP contribution in [0.2, 0.25) is 0 Å². The van der Waals surface area contributed by atoms with Crippen LogP contribution in [0.3, 0.4) is 0 Å².